The third kappa shape index (κ3) is 1.82. The molecule has 0 aliphatic rings. The summed E-state index contributed by atoms with van der Waals surface area (Å²) in [4.78, 5) is 1.37. The maximum absolute atomic E-state index is 8.57. The lowest BCUT2D eigenvalue weighted by Gasteiger charge is -2.10. The number of hydrogen-bond acceptors (Lipinski definition) is 2. The summed E-state index contributed by atoms with van der Waals surface area (Å²) in [5.74, 6) is 0. The Morgan fingerprint density at radius 2 is 2.08 bits per heavy atom. The van der Waals surface area contributed by atoms with Gasteiger partial charge in [0.05, 0.1) is 10.7 Å². The minimum absolute atomic E-state index is 0.478. The lowest BCUT2D eigenvalue weighted by molar-refractivity contribution is 1.20. The monoisotopic (exact) mass is 200 g/mol. The van der Waals surface area contributed by atoms with Crippen molar-refractivity contribution < 1.29 is 0 Å². The maximum atomic E-state index is 8.57. The Hall–Kier alpha value is -0.910. The molecule has 0 aliphatic heterocycles. The number of nitrogens with zero attached hydrogens (tertiary/aromatic N) is 2. The molecule has 2 nitrogen and oxygen atoms in total. The fourth-order valence-corrected chi connectivity index (χ4v) is 1.34. The summed E-state index contributed by atoms with van der Waals surface area (Å²) in [6, 6.07) is 5.00. The molecule has 1 aromatic rings. The van der Waals surface area contributed by atoms with Crippen molar-refractivity contribution >= 4 is 28.9 Å². The predicted octanol–water partition coefficient (Wildman–Crippen LogP) is 2.91. The largest absolute Gasteiger partial charge is 0.281 e. The summed E-state index contributed by atoms with van der Waals surface area (Å²) in [6.07, 6.45) is 1.95. The molecule has 0 saturated carbocycles. The quantitative estimate of drug-likeness (QED) is 0.515. The number of halogens is 2. The van der Waals surface area contributed by atoms with E-state index in [4.69, 9.17) is 28.5 Å². The molecule has 0 aromatic heterocycles. The molecule has 62 valence electrons. The minimum atomic E-state index is 0.478. The van der Waals surface area contributed by atoms with E-state index in [0.717, 1.165) is 0 Å². The van der Waals surface area contributed by atoms with Crippen molar-refractivity contribution in [3.63, 3.8) is 0 Å². The Balaban J connectivity index is 3.11. The average molecular weight is 201 g/mol. The molecule has 0 bridgehead atoms. The van der Waals surface area contributed by atoms with Gasteiger partial charge in [-0.3, -0.25) is 4.90 Å². The third-order valence-electron chi connectivity index (χ3n) is 1.42. The number of hydrogen-bond donors (Lipinski definition) is 0. The van der Waals surface area contributed by atoms with Crippen LogP contribution in [-0.4, -0.2) is 7.05 Å². The highest BCUT2D eigenvalue weighted by Gasteiger charge is 2.04. The fourth-order valence-electron chi connectivity index (χ4n) is 0.807. The molecule has 0 amide bonds. The van der Waals surface area contributed by atoms with Crippen LogP contribution in [0.25, 0.3) is 0 Å². The van der Waals surface area contributed by atoms with Crippen molar-refractivity contribution in [1.29, 1.82) is 5.26 Å². The van der Waals surface area contributed by atoms with Crippen LogP contribution in [0.3, 0.4) is 0 Å². The van der Waals surface area contributed by atoms with Gasteiger partial charge < -0.3 is 0 Å². The van der Waals surface area contributed by atoms with E-state index in [-0.39, 0.29) is 0 Å². The number of anilines is 1. The molecule has 12 heavy (non-hydrogen) atoms. The molecular formula is C8H6Cl2N2. The van der Waals surface area contributed by atoms with Crippen LogP contribution in [-0.2, 0) is 0 Å². The predicted molar refractivity (Wildman–Crippen MR) is 50.5 cm³/mol. The molecule has 0 fully saturated rings. The molecule has 0 heterocycles. The second-order valence-electron chi connectivity index (χ2n) is 2.25. The molecule has 0 saturated heterocycles. The van der Waals surface area contributed by atoms with E-state index in [1.165, 1.54) is 4.90 Å². The Morgan fingerprint density at radius 3 is 2.58 bits per heavy atom. The van der Waals surface area contributed by atoms with E-state index >= 15 is 0 Å². The van der Waals surface area contributed by atoms with Gasteiger partial charge in [-0.15, -0.1) is 0 Å². The van der Waals surface area contributed by atoms with Gasteiger partial charge >= 0.3 is 0 Å². The molecule has 0 aliphatic carbocycles. The highest BCUT2D eigenvalue weighted by atomic mass is 35.5. The van der Waals surface area contributed by atoms with Gasteiger partial charge in [0, 0.05) is 12.1 Å². The first-order valence-electron chi connectivity index (χ1n) is 3.23. The van der Waals surface area contributed by atoms with E-state index in [1.54, 1.807) is 25.2 Å². The minimum Gasteiger partial charge on any atom is -0.281 e. The summed E-state index contributed by atoms with van der Waals surface area (Å²) in [6.45, 7) is 0. The first-order chi connectivity index (χ1) is 5.65. The SMILES string of the molecule is CN(C#N)c1ccc(Cl)cc1Cl. The zero-order valence-corrected chi connectivity index (χ0v) is 7.89. The van der Waals surface area contributed by atoms with Crippen LogP contribution in [0.2, 0.25) is 10.0 Å². The molecule has 1 aromatic carbocycles. The van der Waals surface area contributed by atoms with Gasteiger partial charge in [0.1, 0.15) is 0 Å². The van der Waals surface area contributed by atoms with Crippen molar-refractivity contribution in [3.05, 3.63) is 28.2 Å². The van der Waals surface area contributed by atoms with Gasteiger partial charge in [-0.05, 0) is 18.2 Å². The van der Waals surface area contributed by atoms with Crippen LogP contribution >= 0.6 is 23.2 Å². The topological polar surface area (TPSA) is 27.0 Å². The second-order valence-corrected chi connectivity index (χ2v) is 3.10. The highest BCUT2D eigenvalue weighted by molar-refractivity contribution is 6.36. The maximum Gasteiger partial charge on any atom is 0.184 e. The molecule has 4 heteroatoms. The van der Waals surface area contributed by atoms with Gasteiger partial charge in [-0.1, -0.05) is 23.2 Å². The van der Waals surface area contributed by atoms with E-state index in [0.29, 0.717) is 15.7 Å². The van der Waals surface area contributed by atoms with Crippen LogP contribution in [0.4, 0.5) is 5.69 Å². The lowest BCUT2D eigenvalue weighted by atomic mass is 10.3. The first-order valence-corrected chi connectivity index (χ1v) is 3.99. The van der Waals surface area contributed by atoms with Crippen molar-refractivity contribution in [2.45, 2.75) is 0 Å². The number of benzene rings is 1. The number of rotatable bonds is 1. The van der Waals surface area contributed by atoms with Gasteiger partial charge in [-0.2, -0.15) is 5.26 Å². The summed E-state index contributed by atoms with van der Waals surface area (Å²) in [7, 11) is 1.63. The molecule has 1 rings (SSSR count). The van der Waals surface area contributed by atoms with Crippen LogP contribution < -0.4 is 4.90 Å². The molecule has 0 N–H and O–H groups in total. The normalized spacial score (nSPS) is 9.17. The molecule has 0 unspecified atom stereocenters. The van der Waals surface area contributed by atoms with Gasteiger partial charge in [0.15, 0.2) is 6.19 Å². The fraction of sp³-hybridized carbons (Fsp3) is 0.125. The van der Waals surface area contributed by atoms with Crippen LogP contribution in [0.1, 0.15) is 0 Å². The van der Waals surface area contributed by atoms with Crippen molar-refractivity contribution in [3.8, 4) is 6.19 Å². The molecule has 0 spiro atoms. The summed E-state index contributed by atoms with van der Waals surface area (Å²) in [5, 5.41) is 9.61. The van der Waals surface area contributed by atoms with Crippen LogP contribution in [0, 0.1) is 11.5 Å². The van der Waals surface area contributed by atoms with Gasteiger partial charge in [-0.25, -0.2) is 0 Å². The van der Waals surface area contributed by atoms with Crippen molar-refractivity contribution in [1.82, 2.24) is 0 Å². The van der Waals surface area contributed by atoms with E-state index in [9.17, 15) is 0 Å². The number of nitriles is 1. The Labute approximate surface area is 80.9 Å². The van der Waals surface area contributed by atoms with Crippen molar-refractivity contribution in [2.75, 3.05) is 11.9 Å². The molecule has 0 atom stereocenters. The average Bonchev–Trinajstić information content (AvgIpc) is 2.03. The lowest BCUT2D eigenvalue weighted by Crippen LogP contribution is -2.08. The van der Waals surface area contributed by atoms with E-state index in [2.05, 4.69) is 0 Å². The van der Waals surface area contributed by atoms with Crippen LogP contribution in [0.5, 0.6) is 0 Å². The molecular weight excluding hydrogens is 195 g/mol. The zero-order valence-electron chi connectivity index (χ0n) is 6.38. The van der Waals surface area contributed by atoms with Crippen molar-refractivity contribution in [2.24, 2.45) is 0 Å². The molecule has 0 radical (unpaired) electrons. The van der Waals surface area contributed by atoms with Crippen LogP contribution in [0.15, 0.2) is 18.2 Å². The Morgan fingerprint density at radius 1 is 1.42 bits per heavy atom. The summed E-state index contributed by atoms with van der Waals surface area (Å²) >= 11 is 11.5. The highest BCUT2D eigenvalue weighted by Crippen LogP contribution is 2.27. The van der Waals surface area contributed by atoms with Gasteiger partial charge in [0.2, 0.25) is 0 Å². The third-order valence-corrected chi connectivity index (χ3v) is 1.96. The Kier molecular flexibility index (Phi) is 2.80. The smallest absolute Gasteiger partial charge is 0.184 e. The first kappa shape index (κ1) is 9.18. The van der Waals surface area contributed by atoms with E-state index < -0.39 is 0 Å². The summed E-state index contributed by atoms with van der Waals surface area (Å²) < 4.78 is 0. The second kappa shape index (κ2) is 3.66. The zero-order chi connectivity index (χ0) is 9.14. The summed E-state index contributed by atoms with van der Waals surface area (Å²) in [5.41, 5.74) is 0.656. The standard InChI is InChI=1S/C8H6Cl2N2/c1-12(5-11)8-3-2-6(9)4-7(8)10/h2-4H,1H3. The van der Waals surface area contributed by atoms with Gasteiger partial charge in [0.25, 0.3) is 0 Å². The Bertz CT molecular complexity index is 330. The van der Waals surface area contributed by atoms with E-state index in [1.807, 2.05) is 6.19 Å².